The molecular weight excluding hydrogens is 1530 g/mol. The highest BCUT2D eigenvalue weighted by Crippen LogP contribution is 2.48. The fourth-order valence-electron chi connectivity index (χ4n) is 16.0. The van der Waals surface area contributed by atoms with E-state index in [0.29, 0.717) is 72.3 Å². The van der Waals surface area contributed by atoms with Gasteiger partial charge in [-0.15, -0.1) is 0 Å². The van der Waals surface area contributed by atoms with Crippen LogP contribution in [0, 0.1) is 0 Å². The van der Waals surface area contributed by atoms with E-state index in [0.717, 1.165) is 81.5 Å². The molecule has 0 aromatic heterocycles. The van der Waals surface area contributed by atoms with Crippen LogP contribution in [0.1, 0.15) is 194 Å². The predicted molar refractivity (Wildman–Crippen MR) is 466 cm³/mol. The zero-order chi connectivity index (χ0) is 86.3. The molecule has 0 bridgehead atoms. The first-order valence-electron chi connectivity index (χ1n) is 41.5. The molecule has 0 unspecified atom stereocenters. The van der Waals surface area contributed by atoms with Gasteiger partial charge < -0.3 is 61.6 Å². The predicted octanol–water partition coefficient (Wildman–Crippen LogP) is 18.7. The largest absolute Gasteiger partial charge is 0.448 e. The maximum atomic E-state index is 15.1. The second-order valence-electron chi connectivity index (χ2n) is 33.6. The molecule has 9 amide bonds. The van der Waals surface area contributed by atoms with E-state index in [1.54, 1.807) is 135 Å². The van der Waals surface area contributed by atoms with Crippen molar-refractivity contribution in [1.29, 1.82) is 0 Å². The van der Waals surface area contributed by atoms with E-state index in [1.807, 2.05) is 146 Å². The molecule has 0 heterocycles. The number of hydrogen-bond donors (Lipinski definition) is 6. The van der Waals surface area contributed by atoms with Gasteiger partial charge in [-0.2, -0.15) is 14.7 Å². The average Bonchev–Trinajstić information content (AvgIpc) is 1.59. The van der Waals surface area contributed by atoms with Crippen molar-refractivity contribution in [1.82, 2.24) is 14.7 Å². The first-order chi connectivity index (χ1) is 58.0. The van der Waals surface area contributed by atoms with Gasteiger partial charge in [0, 0.05) is 40.7 Å². The van der Waals surface area contributed by atoms with Crippen LogP contribution in [0.3, 0.4) is 0 Å². The van der Waals surface area contributed by atoms with Crippen molar-refractivity contribution in [2.75, 3.05) is 55.4 Å². The summed E-state index contributed by atoms with van der Waals surface area (Å²) in [5, 5.41) is 8.91. The molecule has 3 aliphatic rings. The molecule has 3 atom stereocenters. The maximum absolute atomic E-state index is 15.1. The number of hydrogen-bond acceptors (Lipinski definition) is 18. The Kier molecular flexibility index (Phi) is 28.4. The Morgan fingerprint density at radius 2 is 0.504 bits per heavy atom. The van der Waals surface area contributed by atoms with Gasteiger partial charge in [0.05, 0.1) is 0 Å². The van der Waals surface area contributed by atoms with Crippen molar-refractivity contribution < 1.29 is 71.6 Å². The Morgan fingerprint density at radius 1 is 0.298 bits per heavy atom. The molecule has 121 heavy (non-hydrogen) atoms. The smallest absolute Gasteiger partial charge is 0.420 e. The van der Waals surface area contributed by atoms with E-state index >= 15 is 14.4 Å². The molecule has 0 spiro atoms. The number of unbranched alkanes of at least 4 members (excludes halogenated alkanes) is 3. The molecule has 12 rings (SSSR count). The lowest BCUT2D eigenvalue weighted by molar-refractivity contribution is -0.121. The Balaban J connectivity index is 0.846. The van der Waals surface area contributed by atoms with Crippen molar-refractivity contribution in [3.63, 3.8) is 0 Å². The van der Waals surface area contributed by atoms with Gasteiger partial charge >= 0.3 is 36.6 Å². The van der Waals surface area contributed by atoms with Crippen LogP contribution in [-0.4, -0.2) is 143 Å². The lowest BCUT2D eigenvalue weighted by Crippen LogP contribution is -2.52. The molecule has 9 aromatic carbocycles. The molecule has 24 nitrogen and oxygen atoms in total. The highest BCUT2D eigenvalue weighted by atomic mass is 16.6. The zero-order valence-electron chi connectivity index (χ0n) is 70.1. The van der Waals surface area contributed by atoms with Crippen molar-refractivity contribution in [3.05, 3.63) is 268 Å². The second kappa shape index (κ2) is 39.1. The van der Waals surface area contributed by atoms with E-state index in [2.05, 4.69) is 16.0 Å². The summed E-state index contributed by atoms with van der Waals surface area (Å²) in [6.07, 6.45) is -4.02. The van der Waals surface area contributed by atoms with Crippen LogP contribution in [0.25, 0.3) is 33.4 Å². The van der Waals surface area contributed by atoms with Crippen LogP contribution in [0.4, 0.5) is 45.8 Å². The third-order valence-electron chi connectivity index (χ3n) is 21.5. The minimum absolute atomic E-state index is 0.00452. The zero-order valence-corrected chi connectivity index (χ0v) is 70.1. The molecule has 9 aromatic rings. The van der Waals surface area contributed by atoms with E-state index in [4.69, 9.17) is 45.6 Å². The van der Waals surface area contributed by atoms with E-state index in [-0.39, 0.29) is 76.5 Å². The fraction of sp³-hybridized carbons (Fsp3) is 0.351. The van der Waals surface area contributed by atoms with E-state index in [9.17, 15) is 28.8 Å². The van der Waals surface area contributed by atoms with Gasteiger partial charge in [0.1, 0.15) is 54.7 Å². The molecular formula is C97H109N9O15. The fourth-order valence-corrected chi connectivity index (χ4v) is 16.0. The van der Waals surface area contributed by atoms with Crippen LogP contribution in [-0.2, 0) is 42.8 Å². The molecule has 0 aliphatic heterocycles. The molecule has 0 saturated carbocycles. The van der Waals surface area contributed by atoms with Gasteiger partial charge in [-0.1, -0.05) is 182 Å². The van der Waals surface area contributed by atoms with Gasteiger partial charge in [0.15, 0.2) is 0 Å². The third kappa shape index (κ3) is 21.4. The topological polar surface area (TPSA) is 333 Å². The quantitative estimate of drug-likeness (QED) is 0.0138. The summed E-state index contributed by atoms with van der Waals surface area (Å²) in [5.41, 5.74) is 29.3. The number of carbonyl (C=O) groups is 9. The first-order valence-corrected chi connectivity index (χ1v) is 41.5. The Bertz CT molecular complexity index is 4560. The Hall–Kier alpha value is -12.5. The number of nitrogens with zero attached hydrogens (tertiary/aromatic N) is 3. The third-order valence-corrected chi connectivity index (χ3v) is 21.5. The van der Waals surface area contributed by atoms with Crippen molar-refractivity contribution in [3.8, 4) is 33.4 Å². The van der Waals surface area contributed by atoms with E-state index in [1.165, 1.54) is 0 Å². The number of nitrogens with one attached hydrogen (secondary N) is 3. The molecule has 632 valence electrons. The van der Waals surface area contributed by atoms with Gasteiger partial charge in [-0.25, -0.2) is 28.8 Å². The number of amides is 9. The summed E-state index contributed by atoms with van der Waals surface area (Å²) >= 11 is 0. The monoisotopic (exact) mass is 1640 g/mol. The minimum atomic E-state index is -1.44. The van der Waals surface area contributed by atoms with Crippen molar-refractivity contribution in [2.45, 2.75) is 179 Å². The summed E-state index contributed by atoms with van der Waals surface area (Å²) in [4.78, 5) is 135. The van der Waals surface area contributed by atoms with Gasteiger partial charge in [0.25, 0.3) is 0 Å². The molecule has 9 N–H and O–H groups in total. The first kappa shape index (κ1) is 87.8. The van der Waals surface area contributed by atoms with Crippen LogP contribution in [0.15, 0.2) is 218 Å². The van der Waals surface area contributed by atoms with Gasteiger partial charge in [0.2, 0.25) is 17.7 Å². The number of ether oxygens (including phenoxy) is 6. The van der Waals surface area contributed by atoms with Gasteiger partial charge in [-0.3, -0.25) is 14.4 Å². The van der Waals surface area contributed by atoms with E-state index < -0.39 is 95.1 Å². The number of anilines is 3. The molecule has 24 heteroatoms. The molecule has 0 fully saturated rings. The lowest BCUT2D eigenvalue weighted by atomic mass is 9.85. The number of nitrogens with two attached hydrogens (primary N) is 3. The standard InChI is InChI=1S/C97H109N9O15/c1-95(2,3)119-92(113)104(89(110)116-58-79-73-34-16-10-28-67(73)68-29-11-17-35-74(68)79)82(40-22-25-55-98)86(107)101-64-49-43-61(44-50-64)85(62-45-51-65(52-46-62)102-87(108)83(41-23-26-56-99)105(93(114)120-96(4,5)6)90(111)117-59-80-75-36-18-12-30-69(75)70-31-13-19-37-76(70)80)63-47-53-66(54-48-63)103-88(109)84(42-24-27-57-100)106(94(115)121-97(7,8)9)91(112)118-60-81-77-38-20-14-32-71(77)72-33-15-21-39-78(72)81/h10-21,28-39,43-54,79-85H,22-27,40-42,55-60,98-100H2,1-9H3,(H,101,107)(H,102,108)(H,103,109)/t82-,83-,84-/m0/s1. The van der Waals surface area contributed by atoms with Crippen LogP contribution in [0.5, 0.6) is 0 Å². The number of benzene rings is 9. The summed E-state index contributed by atoms with van der Waals surface area (Å²) in [7, 11) is 0. The van der Waals surface area contributed by atoms with Crippen molar-refractivity contribution >= 4 is 71.3 Å². The van der Waals surface area contributed by atoms with Crippen molar-refractivity contribution in [2.24, 2.45) is 17.2 Å². The molecule has 0 saturated heterocycles. The Labute approximate surface area is 707 Å². The summed E-state index contributed by atoms with van der Waals surface area (Å²) < 4.78 is 35.8. The average molecular weight is 1640 g/mol. The highest BCUT2D eigenvalue weighted by Gasteiger charge is 2.44. The lowest BCUT2D eigenvalue weighted by Gasteiger charge is -2.31. The molecule has 3 aliphatic carbocycles. The normalized spacial score (nSPS) is 13.5. The number of carbonyl (C=O) groups excluding carboxylic acids is 9. The number of imide groups is 3. The van der Waals surface area contributed by atoms with Crippen LogP contribution >= 0.6 is 0 Å². The highest BCUT2D eigenvalue weighted by molar-refractivity contribution is 6.04. The summed E-state index contributed by atoms with van der Waals surface area (Å²) in [6, 6.07) is 63.6. The second-order valence-corrected chi connectivity index (χ2v) is 33.6. The minimum Gasteiger partial charge on any atom is -0.448 e. The molecule has 0 radical (unpaired) electrons. The van der Waals surface area contributed by atoms with Crippen LogP contribution < -0.4 is 33.2 Å². The summed E-state index contributed by atoms with van der Waals surface area (Å²) in [6.45, 7) is 15.3. The Morgan fingerprint density at radius 3 is 0.702 bits per heavy atom. The summed E-state index contributed by atoms with van der Waals surface area (Å²) in [5.74, 6) is -3.88. The number of rotatable bonds is 30. The maximum Gasteiger partial charge on any atom is 0.420 e. The van der Waals surface area contributed by atoms with Crippen LogP contribution in [0.2, 0.25) is 0 Å². The van der Waals surface area contributed by atoms with Gasteiger partial charge in [-0.05, 0) is 260 Å². The number of fused-ring (bicyclic) bond motifs is 9. The SMILES string of the molecule is CC(C)(C)OC(=O)N(C(=O)OCC1c2ccccc2-c2ccccc21)[C@@H](CCCCN)C(=O)Nc1ccc(C(c2ccc(NC(=O)[C@H](CCCCN)N(C(=O)OCC3c4ccccc4-c4ccccc43)C(=O)OC(C)(C)C)cc2)c2ccc(NC(=O)[C@H](CCCCN)N(C(=O)OCC3c4ccccc4-c4ccccc43)C(=O)OC(C)(C)C)cc2)cc1.